The fraction of sp³-hybridized carbons (Fsp3) is 0.429. The van der Waals surface area contributed by atoms with Crippen LogP contribution in [0.15, 0.2) is 18.2 Å². The molecule has 116 valence electrons. The second kappa shape index (κ2) is 7.98. The van der Waals surface area contributed by atoms with Gasteiger partial charge in [-0.25, -0.2) is 0 Å². The number of carboxylic acid groups (broad SMARTS) is 2. The summed E-state index contributed by atoms with van der Waals surface area (Å²) >= 11 is 0. The highest BCUT2D eigenvalue weighted by atomic mass is 16.5. The van der Waals surface area contributed by atoms with Crippen LogP contribution in [0.1, 0.15) is 12.8 Å². The van der Waals surface area contributed by atoms with Crippen molar-refractivity contribution in [1.29, 1.82) is 0 Å². The Morgan fingerprint density at radius 3 is 1.95 bits per heavy atom. The van der Waals surface area contributed by atoms with E-state index < -0.39 is 11.9 Å². The minimum absolute atomic E-state index is 0.130. The Balaban J connectivity index is 2.94. The lowest BCUT2D eigenvalue weighted by atomic mass is 10.2. The molecule has 21 heavy (non-hydrogen) atoms. The van der Waals surface area contributed by atoms with E-state index in [2.05, 4.69) is 0 Å². The maximum atomic E-state index is 10.6. The second-order valence-electron chi connectivity index (χ2n) is 4.27. The Bertz CT molecular complexity index is 484. The topological polar surface area (TPSA) is 102 Å². The molecular formula is C14H17NO6-2. The van der Waals surface area contributed by atoms with Gasteiger partial charge in [-0.2, -0.15) is 0 Å². The minimum atomic E-state index is -1.20. The van der Waals surface area contributed by atoms with Crippen molar-refractivity contribution in [2.75, 3.05) is 32.2 Å². The average Bonchev–Trinajstić information content (AvgIpc) is 2.46. The van der Waals surface area contributed by atoms with Gasteiger partial charge < -0.3 is 34.2 Å². The molecule has 0 aliphatic rings. The predicted octanol–water partition coefficient (Wildman–Crippen LogP) is -1.21. The van der Waals surface area contributed by atoms with Gasteiger partial charge in [0.25, 0.3) is 0 Å². The summed E-state index contributed by atoms with van der Waals surface area (Å²) in [7, 11) is 2.98. The molecular weight excluding hydrogens is 278 g/mol. The lowest BCUT2D eigenvalue weighted by molar-refractivity contribution is -0.306. The highest BCUT2D eigenvalue weighted by Crippen LogP contribution is 2.31. The van der Waals surface area contributed by atoms with E-state index in [1.54, 1.807) is 23.1 Å². The normalized spacial score (nSPS) is 10.0. The minimum Gasteiger partial charge on any atom is -0.550 e. The number of benzene rings is 1. The first kappa shape index (κ1) is 16.6. The molecule has 7 heteroatoms. The zero-order chi connectivity index (χ0) is 15.8. The molecule has 0 spiro atoms. The Kier molecular flexibility index (Phi) is 6.32. The van der Waals surface area contributed by atoms with Crippen molar-refractivity contribution in [3.05, 3.63) is 18.2 Å². The summed E-state index contributed by atoms with van der Waals surface area (Å²) in [4.78, 5) is 22.8. The number of carboxylic acids is 2. The van der Waals surface area contributed by atoms with Gasteiger partial charge in [0.15, 0.2) is 11.5 Å². The Hall–Kier alpha value is -2.44. The average molecular weight is 295 g/mol. The van der Waals surface area contributed by atoms with Crippen molar-refractivity contribution in [3.63, 3.8) is 0 Å². The largest absolute Gasteiger partial charge is 0.550 e. The van der Waals surface area contributed by atoms with Crippen molar-refractivity contribution in [3.8, 4) is 11.5 Å². The van der Waals surface area contributed by atoms with Crippen LogP contribution in [-0.4, -0.2) is 39.2 Å². The third kappa shape index (κ3) is 5.21. The lowest BCUT2D eigenvalue weighted by Gasteiger charge is -2.26. The highest BCUT2D eigenvalue weighted by molar-refractivity contribution is 5.67. The van der Waals surface area contributed by atoms with Crippen LogP contribution in [-0.2, 0) is 9.59 Å². The van der Waals surface area contributed by atoms with Crippen molar-refractivity contribution in [1.82, 2.24) is 0 Å². The van der Waals surface area contributed by atoms with Gasteiger partial charge in [0.2, 0.25) is 0 Å². The van der Waals surface area contributed by atoms with Crippen molar-refractivity contribution < 1.29 is 29.3 Å². The maximum Gasteiger partial charge on any atom is 0.162 e. The van der Waals surface area contributed by atoms with Crippen LogP contribution < -0.4 is 24.6 Å². The molecule has 0 saturated carbocycles. The van der Waals surface area contributed by atoms with Crippen LogP contribution in [0.4, 0.5) is 5.69 Å². The Morgan fingerprint density at radius 1 is 1.00 bits per heavy atom. The van der Waals surface area contributed by atoms with Crippen LogP contribution in [0.2, 0.25) is 0 Å². The SMILES string of the molecule is COc1ccc(N(CCC(=O)[O-])CCC(=O)[O-])cc1OC. The van der Waals surface area contributed by atoms with E-state index in [-0.39, 0.29) is 25.9 Å². The molecule has 1 rings (SSSR count). The molecule has 0 aliphatic heterocycles. The number of carbonyl (C=O) groups excluding carboxylic acids is 2. The number of aliphatic carboxylic acids is 2. The molecule has 1 aromatic carbocycles. The number of hydrogen-bond donors (Lipinski definition) is 0. The molecule has 0 aromatic heterocycles. The van der Waals surface area contributed by atoms with E-state index in [9.17, 15) is 19.8 Å². The summed E-state index contributed by atoms with van der Waals surface area (Å²) in [5.41, 5.74) is 0.634. The zero-order valence-corrected chi connectivity index (χ0v) is 12.0. The first-order valence-electron chi connectivity index (χ1n) is 6.34. The lowest BCUT2D eigenvalue weighted by Crippen LogP contribution is -2.34. The smallest absolute Gasteiger partial charge is 0.162 e. The summed E-state index contributed by atoms with van der Waals surface area (Å²) in [5.74, 6) is -1.40. The van der Waals surface area contributed by atoms with Crippen LogP contribution in [0.5, 0.6) is 11.5 Å². The number of ether oxygens (including phenoxy) is 2. The molecule has 0 amide bonds. The fourth-order valence-corrected chi connectivity index (χ4v) is 1.84. The molecule has 0 N–H and O–H groups in total. The monoisotopic (exact) mass is 295 g/mol. The number of rotatable bonds is 9. The third-order valence-corrected chi connectivity index (χ3v) is 2.90. The summed E-state index contributed by atoms with van der Waals surface area (Å²) in [6, 6.07) is 5.02. The number of carbonyl (C=O) groups is 2. The predicted molar refractivity (Wildman–Crippen MR) is 71.0 cm³/mol. The second-order valence-corrected chi connectivity index (χ2v) is 4.27. The van der Waals surface area contributed by atoms with Gasteiger partial charge in [-0.3, -0.25) is 0 Å². The number of anilines is 1. The number of methoxy groups -OCH3 is 2. The number of hydrogen-bond acceptors (Lipinski definition) is 7. The van der Waals surface area contributed by atoms with E-state index in [1.165, 1.54) is 14.2 Å². The molecule has 0 unspecified atom stereocenters. The molecule has 0 aliphatic carbocycles. The molecule has 0 bridgehead atoms. The van der Waals surface area contributed by atoms with Gasteiger partial charge in [0.05, 0.1) is 14.2 Å². The van der Waals surface area contributed by atoms with Gasteiger partial charge in [0, 0.05) is 49.6 Å². The fourth-order valence-electron chi connectivity index (χ4n) is 1.84. The maximum absolute atomic E-state index is 10.6. The van der Waals surface area contributed by atoms with Crippen molar-refractivity contribution in [2.45, 2.75) is 12.8 Å². The summed E-state index contributed by atoms with van der Waals surface area (Å²) < 4.78 is 10.3. The molecule has 0 atom stereocenters. The molecule has 0 fully saturated rings. The van der Waals surface area contributed by atoms with Crippen LogP contribution in [0, 0.1) is 0 Å². The number of nitrogens with zero attached hydrogens (tertiary/aromatic N) is 1. The molecule has 1 aromatic rings. The van der Waals surface area contributed by atoms with E-state index in [4.69, 9.17) is 9.47 Å². The zero-order valence-electron chi connectivity index (χ0n) is 12.0. The summed E-state index contributed by atoms with van der Waals surface area (Å²) in [6.45, 7) is 0.260. The molecule has 0 heterocycles. The van der Waals surface area contributed by atoms with Crippen LogP contribution in [0.25, 0.3) is 0 Å². The van der Waals surface area contributed by atoms with Gasteiger partial charge >= 0.3 is 0 Å². The summed E-state index contributed by atoms with van der Waals surface area (Å²) in [5, 5.41) is 21.2. The van der Waals surface area contributed by atoms with E-state index >= 15 is 0 Å². The van der Waals surface area contributed by atoms with E-state index in [0.29, 0.717) is 17.2 Å². The standard InChI is InChI=1S/C14H19NO6/c1-20-11-4-3-10(9-12(11)21-2)15(7-5-13(16)17)8-6-14(18)19/h3-4,9H,5-8H2,1-2H3,(H,16,17)(H,18,19)/p-2. The molecule has 7 nitrogen and oxygen atoms in total. The van der Waals surface area contributed by atoms with Gasteiger partial charge in [-0.05, 0) is 12.1 Å². The van der Waals surface area contributed by atoms with Crippen molar-refractivity contribution >= 4 is 17.6 Å². The Labute approximate surface area is 122 Å². The van der Waals surface area contributed by atoms with E-state index in [1.807, 2.05) is 0 Å². The third-order valence-electron chi connectivity index (χ3n) is 2.90. The highest BCUT2D eigenvalue weighted by Gasteiger charge is 2.11. The summed E-state index contributed by atoms with van der Waals surface area (Å²) in [6.07, 6.45) is -0.414. The molecule has 0 saturated heterocycles. The van der Waals surface area contributed by atoms with Gasteiger partial charge in [-0.1, -0.05) is 0 Å². The van der Waals surface area contributed by atoms with Crippen molar-refractivity contribution in [2.24, 2.45) is 0 Å². The van der Waals surface area contributed by atoms with E-state index in [0.717, 1.165) is 0 Å². The molecule has 0 radical (unpaired) electrons. The first-order chi connectivity index (χ1) is 9.97. The van der Waals surface area contributed by atoms with Gasteiger partial charge in [-0.15, -0.1) is 0 Å². The quantitative estimate of drug-likeness (QED) is 0.563. The van der Waals surface area contributed by atoms with Gasteiger partial charge in [0.1, 0.15) is 0 Å². The first-order valence-corrected chi connectivity index (χ1v) is 6.34. The van der Waals surface area contributed by atoms with Crippen LogP contribution in [0.3, 0.4) is 0 Å². The van der Waals surface area contributed by atoms with Crippen LogP contribution >= 0.6 is 0 Å². The Morgan fingerprint density at radius 2 is 1.52 bits per heavy atom.